The molecule has 1 aliphatic rings. The lowest BCUT2D eigenvalue weighted by Gasteiger charge is -2.26. The number of halogens is 3. The third kappa shape index (κ3) is 3.54. The number of rotatable bonds is 3. The van der Waals surface area contributed by atoms with Gasteiger partial charge in [0.25, 0.3) is 0 Å². The number of thioether (sulfide) groups is 1. The van der Waals surface area contributed by atoms with Crippen molar-refractivity contribution in [1.82, 2.24) is 5.32 Å². The van der Waals surface area contributed by atoms with E-state index in [2.05, 4.69) is 11.4 Å². The molecule has 0 saturated carbocycles. The second-order valence-electron chi connectivity index (χ2n) is 4.99. The van der Waals surface area contributed by atoms with E-state index in [4.69, 9.17) is 23.2 Å². The van der Waals surface area contributed by atoms with Gasteiger partial charge in [-0.05, 0) is 53.6 Å². The fraction of sp³-hybridized carbons (Fsp3) is 0.250. The van der Waals surface area contributed by atoms with Gasteiger partial charge in [0.05, 0.1) is 0 Å². The van der Waals surface area contributed by atoms with Crippen molar-refractivity contribution in [2.24, 2.45) is 0 Å². The maximum absolute atomic E-state index is 13.1. The van der Waals surface area contributed by atoms with Crippen molar-refractivity contribution in [2.75, 3.05) is 5.75 Å². The average Bonchev–Trinajstić information content (AvgIpc) is 2.46. The number of nitrogens with one attached hydrogen (secondary N) is 1. The van der Waals surface area contributed by atoms with Crippen molar-refractivity contribution < 1.29 is 4.39 Å². The molecule has 1 nitrogen and oxygen atoms in total. The summed E-state index contributed by atoms with van der Waals surface area (Å²) in [4.78, 5) is 1.27. The summed E-state index contributed by atoms with van der Waals surface area (Å²) in [5.74, 6) is 0.763. The Labute approximate surface area is 137 Å². The monoisotopic (exact) mass is 341 g/mol. The molecule has 1 unspecified atom stereocenters. The molecule has 0 amide bonds. The number of hydrogen-bond acceptors (Lipinski definition) is 2. The Bertz CT molecular complexity index is 663. The highest BCUT2D eigenvalue weighted by molar-refractivity contribution is 7.99. The van der Waals surface area contributed by atoms with E-state index in [1.807, 2.05) is 23.9 Å². The molecule has 2 aromatic carbocycles. The minimum atomic E-state index is -0.310. The standard InChI is InChI=1S/C16H14Cl2FNS/c17-11-2-4-16-13(7-11)15(5-6-21-16)20-9-10-1-3-12(19)8-14(10)18/h1-4,7-8,15,20H,5-6,9H2. The third-order valence-electron chi connectivity index (χ3n) is 3.57. The minimum Gasteiger partial charge on any atom is -0.306 e. The molecule has 0 aliphatic carbocycles. The van der Waals surface area contributed by atoms with Crippen molar-refractivity contribution in [3.05, 3.63) is 63.4 Å². The third-order valence-corrected chi connectivity index (χ3v) is 5.27. The smallest absolute Gasteiger partial charge is 0.124 e. The van der Waals surface area contributed by atoms with Crippen LogP contribution in [-0.2, 0) is 6.54 Å². The molecule has 0 bridgehead atoms. The summed E-state index contributed by atoms with van der Waals surface area (Å²) < 4.78 is 13.1. The lowest BCUT2D eigenvalue weighted by molar-refractivity contribution is 0.509. The first-order chi connectivity index (χ1) is 10.1. The van der Waals surface area contributed by atoms with Crippen LogP contribution < -0.4 is 5.32 Å². The van der Waals surface area contributed by atoms with Crippen LogP contribution in [0.2, 0.25) is 10.0 Å². The SMILES string of the molecule is Fc1ccc(CNC2CCSc3ccc(Cl)cc32)c(Cl)c1. The molecule has 3 rings (SSSR count). The van der Waals surface area contributed by atoms with Crippen LogP contribution in [0.25, 0.3) is 0 Å². The summed E-state index contributed by atoms with van der Waals surface area (Å²) in [7, 11) is 0. The predicted molar refractivity (Wildman–Crippen MR) is 87.8 cm³/mol. The van der Waals surface area contributed by atoms with Crippen LogP contribution in [0.3, 0.4) is 0 Å². The summed E-state index contributed by atoms with van der Waals surface area (Å²) in [6, 6.07) is 10.8. The molecule has 5 heteroatoms. The Kier molecular flexibility index (Phi) is 4.75. The van der Waals surface area contributed by atoms with Crippen molar-refractivity contribution in [1.29, 1.82) is 0 Å². The molecule has 110 valence electrons. The minimum absolute atomic E-state index is 0.251. The second kappa shape index (κ2) is 6.57. The Morgan fingerprint density at radius 2 is 2.05 bits per heavy atom. The van der Waals surface area contributed by atoms with Gasteiger partial charge >= 0.3 is 0 Å². The fourth-order valence-electron chi connectivity index (χ4n) is 2.48. The molecular weight excluding hydrogens is 328 g/mol. The summed E-state index contributed by atoms with van der Waals surface area (Å²) >= 11 is 14.0. The first kappa shape index (κ1) is 15.2. The largest absolute Gasteiger partial charge is 0.306 e. The van der Waals surface area contributed by atoms with Crippen LogP contribution in [0.15, 0.2) is 41.3 Å². The molecule has 1 heterocycles. The Hall–Kier alpha value is -0.740. The molecule has 0 radical (unpaired) electrons. The van der Waals surface area contributed by atoms with Gasteiger partial charge in [0, 0.05) is 27.5 Å². The van der Waals surface area contributed by atoms with Crippen molar-refractivity contribution in [3.63, 3.8) is 0 Å². The van der Waals surface area contributed by atoms with E-state index in [-0.39, 0.29) is 11.9 Å². The first-order valence-electron chi connectivity index (χ1n) is 6.73. The van der Waals surface area contributed by atoms with Gasteiger partial charge in [0.1, 0.15) is 5.82 Å². The van der Waals surface area contributed by atoms with Crippen molar-refractivity contribution in [3.8, 4) is 0 Å². The van der Waals surface area contributed by atoms with E-state index in [9.17, 15) is 4.39 Å². The average molecular weight is 342 g/mol. The quantitative estimate of drug-likeness (QED) is 0.795. The molecule has 21 heavy (non-hydrogen) atoms. The molecule has 0 saturated heterocycles. The van der Waals surface area contributed by atoms with Crippen LogP contribution in [0, 0.1) is 5.82 Å². The first-order valence-corrected chi connectivity index (χ1v) is 8.47. The summed E-state index contributed by atoms with van der Waals surface area (Å²) in [6.45, 7) is 0.612. The fourth-order valence-corrected chi connectivity index (χ4v) is 4.00. The van der Waals surface area contributed by atoms with Gasteiger partial charge in [-0.2, -0.15) is 0 Å². The highest BCUT2D eigenvalue weighted by Gasteiger charge is 2.20. The molecule has 1 atom stereocenters. The molecular formula is C16H14Cl2FNS. The lowest BCUT2D eigenvalue weighted by atomic mass is 10.0. The maximum Gasteiger partial charge on any atom is 0.124 e. The molecule has 1 aliphatic heterocycles. The van der Waals surface area contributed by atoms with Crippen molar-refractivity contribution >= 4 is 35.0 Å². The number of benzene rings is 2. The van der Waals surface area contributed by atoms with Crippen LogP contribution in [0.4, 0.5) is 4.39 Å². The normalized spacial score (nSPS) is 17.6. The van der Waals surface area contributed by atoms with Gasteiger partial charge in [0.15, 0.2) is 0 Å². The van der Waals surface area contributed by atoms with Gasteiger partial charge in [-0.1, -0.05) is 29.3 Å². The van der Waals surface area contributed by atoms with E-state index < -0.39 is 0 Å². The Morgan fingerprint density at radius 3 is 2.86 bits per heavy atom. The van der Waals surface area contributed by atoms with Crippen LogP contribution in [0.5, 0.6) is 0 Å². The number of hydrogen-bond donors (Lipinski definition) is 1. The van der Waals surface area contributed by atoms with Crippen LogP contribution in [0.1, 0.15) is 23.6 Å². The van der Waals surface area contributed by atoms with E-state index in [0.29, 0.717) is 11.6 Å². The van der Waals surface area contributed by atoms with Gasteiger partial charge in [0.2, 0.25) is 0 Å². The van der Waals surface area contributed by atoms with E-state index in [1.165, 1.54) is 22.6 Å². The van der Waals surface area contributed by atoms with Crippen LogP contribution in [-0.4, -0.2) is 5.75 Å². The molecule has 0 aromatic heterocycles. The molecule has 0 fully saturated rings. The van der Waals surface area contributed by atoms with Gasteiger partial charge in [-0.15, -0.1) is 11.8 Å². The zero-order chi connectivity index (χ0) is 14.8. The van der Waals surface area contributed by atoms with Gasteiger partial charge < -0.3 is 5.32 Å². The predicted octanol–water partition coefficient (Wildman–Crippen LogP) is 5.46. The van der Waals surface area contributed by atoms with E-state index in [0.717, 1.165) is 22.8 Å². The summed E-state index contributed by atoms with van der Waals surface area (Å²) in [5, 5.41) is 4.71. The highest BCUT2D eigenvalue weighted by Crippen LogP contribution is 2.37. The topological polar surface area (TPSA) is 12.0 Å². The maximum atomic E-state index is 13.1. The Morgan fingerprint density at radius 1 is 1.19 bits per heavy atom. The zero-order valence-corrected chi connectivity index (χ0v) is 13.5. The lowest BCUT2D eigenvalue weighted by Crippen LogP contribution is -2.24. The molecule has 0 spiro atoms. The van der Waals surface area contributed by atoms with E-state index in [1.54, 1.807) is 6.07 Å². The zero-order valence-electron chi connectivity index (χ0n) is 11.2. The summed E-state index contributed by atoms with van der Waals surface area (Å²) in [5.41, 5.74) is 2.14. The molecule has 1 N–H and O–H groups in total. The highest BCUT2D eigenvalue weighted by atomic mass is 35.5. The van der Waals surface area contributed by atoms with Gasteiger partial charge in [-0.3, -0.25) is 0 Å². The Balaban J connectivity index is 1.76. The molecule has 2 aromatic rings. The van der Waals surface area contributed by atoms with E-state index >= 15 is 0 Å². The second-order valence-corrected chi connectivity index (χ2v) is 6.97. The number of fused-ring (bicyclic) bond motifs is 1. The van der Waals surface area contributed by atoms with Gasteiger partial charge in [-0.25, -0.2) is 4.39 Å². The van der Waals surface area contributed by atoms with Crippen LogP contribution >= 0.6 is 35.0 Å². The van der Waals surface area contributed by atoms with Crippen molar-refractivity contribution in [2.45, 2.75) is 23.9 Å². The summed E-state index contributed by atoms with van der Waals surface area (Å²) in [6.07, 6.45) is 1.04.